The minimum absolute atomic E-state index is 0.395. The third-order valence-electron chi connectivity index (χ3n) is 5.75. The highest BCUT2D eigenvalue weighted by molar-refractivity contribution is 7.89. The van der Waals surface area contributed by atoms with E-state index in [1.165, 1.54) is 16.6 Å². The van der Waals surface area contributed by atoms with E-state index in [1.807, 2.05) is 32.0 Å². The van der Waals surface area contributed by atoms with E-state index in [1.54, 1.807) is 10.4 Å². The lowest BCUT2D eigenvalue weighted by atomic mass is 9.88. The summed E-state index contributed by atoms with van der Waals surface area (Å²) in [4.78, 5) is 3.91. The number of H-pyrrole nitrogens is 1. The quantitative estimate of drug-likeness (QED) is 0.716. The van der Waals surface area contributed by atoms with Crippen molar-refractivity contribution >= 4 is 20.9 Å². The molecule has 5 heteroatoms. The lowest BCUT2D eigenvalue weighted by molar-refractivity contribution is 0.320. The number of rotatable bonds is 3. The molecule has 0 bridgehead atoms. The van der Waals surface area contributed by atoms with Crippen LogP contribution >= 0.6 is 0 Å². The number of aryl methyl sites for hydroxylation is 3. The summed E-state index contributed by atoms with van der Waals surface area (Å²) in [6.07, 6.45) is 1.71. The first-order chi connectivity index (χ1) is 12.9. The topological polar surface area (TPSA) is 53.2 Å². The maximum Gasteiger partial charge on any atom is 0.243 e. The summed E-state index contributed by atoms with van der Waals surface area (Å²) < 4.78 is 27.9. The van der Waals surface area contributed by atoms with Crippen molar-refractivity contribution in [3.8, 4) is 0 Å². The zero-order valence-electron chi connectivity index (χ0n) is 16.1. The number of benzene rings is 2. The Labute approximate surface area is 161 Å². The molecule has 1 fully saturated rings. The molecule has 1 N–H and O–H groups in total. The van der Waals surface area contributed by atoms with Crippen molar-refractivity contribution in [2.75, 3.05) is 13.1 Å². The first-order valence-electron chi connectivity index (χ1n) is 9.52. The van der Waals surface area contributed by atoms with Gasteiger partial charge in [0.25, 0.3) is 0 Å². The summed E-state index contributed by atoms with van der Waals surface area (Å²) in [6, 6.07) is 13.9. The summed E-state index contributed by atoms with van der Waals surface area (Å²) in [5, 5.41) is 1.27. The Hall–Kier alpha value is -2.11. The highest BCUT2D eigenvalue weighted by Gasteiger charge is 2.32. The molecule has 0 amide bonds. The van der Waals surface area contributed by atoms with Crippen LogP contribution in [0.5, 0.6) is 0 Å². The van der Waals surface area contributed by atoms with E-state index in [4.69, 9.17) is 0 Å². The number of fused-ring (bicyclic) bond motifs is 1. The Morgan fingerprint density at radius 1 is 1.00 bits per heavy atom. The number of para-hydroxylation sites is 1. The third kappa shape index (κ3) is 3.19. The van der Waals surface area contributed by atoms with Crippen LogP contribution in [0.1, 0.15) is 41.1 Å². The predicted molar refractivity (Wildman–Crippen MR) is 110 cm³/mol. The molecular formula is C22H26N2O2S. The fourth-order valence-corrected chi connectivity index (χ4v) is 6.11. The molecule has 3 aromatic rings. The molecule has 1 aromatic heterocycles. The van der Waals surface area contributed by atoms with E-state index in [-0.39, 0.29) is 0 Å². The minimum Gasteiger partial charge on any atom is -0.358 e. The predicted octanol–water partition coefficient (Wildman–Crippen LogP) is 4.66. The average Bonchev–Trinajstić information content (AvgIpc) is 2.97. The molecule has 0 radical (unpaired) electrons. The van der Waals surface area contributed by atoms with Crippen LogP contribution in [-0.2, 0) is 10.0 Å². The number of nitrogens with zero attached hydrogens (tertiary/aromatic N) is 1. The molecule has 0 unspecified atom stereocenters. The summed E-state index contributed by atoms with van der Waals surface area (Å²) in [5.74, 6) is 0.395. The average molecular weight is 383 g/mol. The number of aromatic nitrogens is 1. The zero-order valence-corrected chi connectivity index (χ0v) is 16.9. The molecule has 1 saturated heterocycles. The maximum absolute atomic E-state index is 13.1. The van der Waals surface area contributed by atoms with Gasteiger partial charge in [0.1, 0.15) is 0 Å². The molecule has 4 nitrogen and oxygen atoms in total. The molecule has 0 saturated carbocycles. The number of piperidine rings is 1. The van der Waals surface area contributed by atoms with Crippen LogP contribution in [0.25, 0.3) is 10.9 Å². The van der Waals surface area contributed by atoms with Crippen LogP contribution in [-0.4, -0.2) is 30.8 Å². The van der Waals surface area contributed by atoms with Gasteiger partial charge in [0.15, 0.2) is 0 Å². The van der Waals surface area contributed by atoms with E-state index < -0.39 is 10.0 Å². The van der Waals surface area contributed by atoms with Gasteiger partial charge in [0.05, 0.1) is 4.90 Å². The van der Waals surface area contributed by atoms with Gasteiger partial charge in [0.2, 0.25) is 10.0 Å². The highest BCUT2D eigenvalue weighted by atomic mass is 32.2. The second-order valence-corrected chi connectivity index (χ2v) is 9.56. The Kier molecular flexibility index (Phi) is 4.60. The van der Waals surface area contributed by atoms with Gasteiger partial charge in [0, 0.05) is 29.7 Å². The number of hydrogen-bond acceptors (Lipinski definition) is 2. The van der Waals surface area contributed by atoms with Crippen LogP contribution < -0.4 is 0 Å². The van der Waals surface area contributed by atoms with E-state index >= 15 is 0 Å². The zero-order chi connectivity index (χ0) is 19.2. The van der Waals surface area contributed by atoms with E-state index in [2.05, 4.69) is 30.1 Å². The van der Waals surface area contributed by atoms with Gasteiger partial charge in [-0.2, -0.15) is 4.31 Å². The van der Waals surface area contributed by atoms with Gasteiger partial charge in [-0.15, -0.1) is 0 Å². The molecule has 2 aromatic carbocycles. The summed E-state index contributed by atoms with van der Waals surface area (Å²) in [5.41, 5.74) is 5.63. The van der Waals surface area contributed by atoms with Crippen molar-refractivity contribution in [3.05, 3.63) is 64.8 Å². The Bertz CT molecular complexity index is 1090. The molecule has 0 aliphatic carbocycles. The SMILES string of the molecule is Cc1ccc(S(=O)(=O)N2CCC(c3c(C)[nH]c4ccccc34)CC2)c(C)c1. The van der Waals surface area contributed by atoms with E-state index in [9.17, 15) is 8.42 Å². The smallest absolute Gasteiger partial charge is 0.243 e. The van der Waals surface area contributed by atoms with Gasteiger partial charge in [-0.3, -0.25) is 0 Å². The molecule has 0 spiro atoms. The maximum atomic E-state index is 13.1. The van der Waals surface area contributed by atoms with Crippen LogP contribution in [0.4, 0.5) is 0 Å². The van der Waals surface area contributed by atoms with E-state index in [0.717, 1.165) is 29.5 Å². The molecule has 1 aliphatic heterocycles. The summed E-state index contributed by atoms with van der Waals surface area (Å²) >= 11 is 0. The number of aromatic amines is 1. The standard InChI is InChI=1S/C22H26N2O2S/c1-15-8-9-21(16(2)14-15)27(25,26)24-12-10-18(11-13-24)22-17(3)23-20-7-5-4-6-19(20)22/h4-9,14,18,23H,10-13H2,1-3H3. The number of nitrogens with one attached hydrogen (secondary N) is 1. The van der Waals surface area contributed by atoms with E-state index in [0.29, 0.717) is 23.9 Å². The molecule has 0 atom stereocenters. The van der Waals surface area contributed by atoms with Crippen molar-refractivity contribution in [1.82, 2.24) is 9.29 Å². The van der Waals surface area contributed by atoms with Crippen molar-refractivity contribution in [2.24, 2.45) is 0 Å². The van der Waals surface area contributed by atoms with Crippen molar-refractivity contribution in [2.45, 2.75) is 44.4 Å². The Morgan fingerprint density at radius 2 is 1.70 bits per heavy atom. The van der Waals surface area contributed by atoms with Gasteiger partial charge < -0.3 is 4.98 Å². The Balaban J connectivity index is 1.57. The fourth-order valence-electron chi connectivity index (χ4n) is 4.44. The summed E-state index contributed by atoms with van der Waals surface area (Å²) in [6.45, 7) is 7.12. The van der Waals surface area contributed by atoms with Crippen LogP contribution in [0.3, 0.4) is 0 Å². The first-order valence-corrected chi connectivity index (χ1v) is 11.0. The molecule has 142 valence electrons. The van der Waals surface area contributed by atoms with Gasteiger partial charge >= 0.3 is 0 Å². The van der Waals surface area contributed by atoms with Gasteiger partial charge in [-0.1, -0.05) is 35.9 Å². The number of sulfonamides is 1. The van der Waals surface area contributed by atoms with Crippen LogP contribution in [0.2, 0.25) is 0 Å². The molecule has 27 heavy (non-hydrogen) atoms. The minimum atomic E-state index is -3.43. The number of hydrogen-bond donors (Lipinski definition) is 1. The van der Waals surface area contributed by atoms with Gasteiger partial charge in [-0.25, -0.2) is 8.42 Å². The largest absolute Gasteiger partial charge is 0.358 e. The monoisotopic (exact) mass is 382 g/mol. The second-order valence-electron chi connectivity index (χ2n) is 7.66. The van der Waals surface area contributed by atoms with Crippen LogP contribution in [0.15, 0.2) is 47.4 Å². The van der Waals surface area contributed by atoms with Crippen molar-refractivity contribution in [3.63, 3.8) is 0 Å². The first kappa shape index (κ1) is 18.3. The highest BCUT2D eigenvalue weighted by Crippen LogP contribution is 2.37. The molecule has 1 aliphatic rings. The Morgan fingerprint density at radius 3 is 2.41 bits per heavy atom. The molecule has 4 rings (SSSR count). The fraction of sp³-hybridized carbons (Fsp3) is 0.364. The normalized spacial score (nSPS) is 16.9. The van der Waals surface area contributed by atoms with Crippen LogP contribution in [0, 0.1) is 20.8 Å². The lowest BCUT2D eigenvalue weighted by Crippen LogP contribution is -2.38. The lowest BCUT2D eigenvalue weighted by Gasteiger charge is -2.32. The van der Waals surface area contributed by atoms with Crippen molar-refractivity contribution < 1.29 is 8.42 Å². The molecule has 2 heterocycles. The summed E-state index contributed by atoms with van der Waals surface area (Å²) in [7, 11) is -3.43. The third-order valence-corrected chi connectivity index (χ3v) is 7.81. The van der Waals surface area contributed by atoms with Gasteiger partial charge in [-0.05, 0) is 62.8 Å². The van der Waals surface area contributed by atoms with Crippen molar-refractivity contribution in [1.29, 1.82) is 0 Å². The second kappa shape index (κ2) is 6.80. The molecular weight excluding hydrogens is 356 g/mol.